The predicted molar refractivity (Wildman–Crippen MR) is 76.8 cm³/mol. The average molecular weight is 259 g/mol. The zero-order valence-corrected chi connectivity index (χ0v) is 11.7. The molecule has 3 heteroatoms. The molecular weight excluding hydrogens is 238 g/mol. The van der Waals surface area contributed by atoms with Gasteiger partial charge in [0.15, 0.2) is 11.5 Å². The van der Waals surface area contributed by atoms with E-state index in [9.17, 15) is 0 Å². The molecule has 0 aliphatic carbocycles. The van der Waals surface area contributed by atoms with Crippen LogP contribution in [0.4, 0.5) is 0 Å². The predicted octanol–water partition coefficient (Wildman–Crippen LogP) is 2.52. The fraction of sp³-hybridized carbons (Fsp3) is 0.500. The summed E-state index contributed by atoms with van der Waals surface area (Å²) >= 11 is 0. The molecule has 0 spiro atoms. The van der Waals surface area contributed by atoms with Crippen LogP contribution in [-0.2, 0) is 0 Å². The summed E-state index contributed by atoms with van der Waals surface area (Å²) in [5.41, 5.74) is 1.33. The van der Waals surface area contributed by atoms with E-state index >= 15 is 0 Å². The first kappa shape index (κ1) is 13.8. The second-order valence-corrected chi connectivity index (χ2v) is 4.87. The van der Waals surface area contributed by atoms with E-state index < -0.39 is 0 Å². The van der Waals surface area contributed by atoms with Crippen molar-refractivity contribution in [3.05, 3.63) is 23.8 Å². The van der Waals surface area contributed by atoms with Crippen LogP contribution in [-0.4, -0.2) is 38.8 Å². The van der Waals surface area contributed by atoms with Gasteiger partial charge in [0.1, 0.15) is 0 Å². The minimum atomic E-state index is 0.592. The molecule has 0 saturated carbocycles. The minimum Gasteiger partial charge on any atom is -0.493 e. The molecule has 3 nitrogen and oxygen atoms in total. The quantitative estimate of drug-likeness (QED) is 0.776. The molecule has 1 aromatic carbocycles. The standard InChI is InChI=1S/C16H21NO2/c1-4-9-17-10-7-13(8-11-17)14-5-6-15(18-2)16(12-14)19-3/h1,5-6,12-13H,7-11H2,2-3H3. The Kier molecular flexibility index (Phi) is 4.70. The molecule has 0 bridgehead atoms. The van der Waals surface area contributed by atoms with E-state index in [0.717, 1.165) is 44.0 Å². The lowest BCUT2D eigenvalue weighted by Crippen LogP contribution is -2.33. The van der Waals surface area contributed by atoms with Crippen LogP contribution in [0.2, 0.25) is 0 Å². The molecule has 19 heavy (non-hydrogen) atoms. The summed E-state index contributed by atoms with van der Waals surface area (Å²) in [7, 11) is 3.34. The van der Waals surface area contributed by atoms with Gasteiger partial charge >= 0.3 is 0 Å². The van der Waals surface area contributed by atoms with E-state index in [2.05, 4.69) is 23.0 Å². The number of nitrogens with zero attached hydrogens (tertiary/aromatic N) is 1. The van der Waals surface area contributed by atoms with E-state index in [1.807, 2.05) is 6.07 Å². The third-order valence-electron chi connectivity index (χ3n) is 3.78. The molecule has 0 N–H and O–H groups in total. The zero-order valence-electron chi connectivity index (χ0n) is 11.7. The average Bonchev–Trinajstić information content (AvgIpc) is 2.47. The van der Waals surface area contributed by atoms with Gasteiger partial charge in [-0.05, 0) is 49.5 Å². The van der Waals surface area contributed by atoms with Gasteiger partial charge in [-0.25, -0.2) is 0 Å². The molecule has 102 valence electrons. The number of benzene rings is 1. The number of terminal acetylenes is 1. The van der Waals surface area contributed by atoms with Gasteiger partial charge in [-0.2, -0.15) is 0 Å². The summed E-state index contributed by atoms with van der Waals surface area (Å²) in [4.78, 5) is 2.33. The lowest BCUT2D eigenvalue weighted by Gasteiger charge is -2.31. The molecule has 0 unspecified atom stereocenters. The smallest absolute Gasteiger partial charge is 0.160 e. The number of piperidine rings is 1. The first-order valence-electron chi connectivity index (χ1n) is 6.66. The highest BCUT2D eigenvalue weighted by Gasteiger charge is 2.21. The molecule has 1 saturated heterocycles. The van der Waals surface area contributed by atoms with Gasteiger partial charge in [-0.1, -0.05) is 12.0 Å². The van der Waals surface area contributed by atoms with Crippen molar-refractivity contribution in [2.75, 3.05) is 33.9 Å². The summed E-state index contributed by atoms with van der Waals surface area (Å²) in [6, 6.07) is 6.23. The normalized spacial score (nSPS) is 16.9. The van der Waals surface area contributed by atoms with E-state index in [1.54, 1.807) is 14.2 Å². The minimum absolute atomic E-state index is 0.592. The number of methoxy groups -OCH3 is 2. The Hall–Kier alpha value is -1.66. The monoisotopic (exact) mass is 259 g/mol. The second-order valence-electron chi connectivity index (χ2n) is 4.87. The van der Waals surface area contributed by atoms with Gasteiger partial charge < -0.3 is 9.47 Å². The van der Waals surface area contributed by atoms with Gasteiger partial charge in [-0.15, -0.1) is 6.42 Å². The summed E-state index contributed by atoms with van der Waals surface area (Å²) in [6.07, 6.45) is 7.65. The van der Waals surface area contributed by atoms with Crippen molar-refractivity contribution in [3.63, 3.8) is 0 Å². The van der Waals surface area contributed by atoms with Crippen molar-refractivity contribution in [1.82, 2.24) is 4.90 Å². The molecule has 1 heterocycles. The van der Waals surface area contributed by atoms with Crippen molar-refractivity contribution < 1.29 is 9.47 Å². The van der Waals surface area contributed by atoms with Crippen molar-refractivity contribution in [3.8, 4) is 23.8 Å². The zero-order chi connectivity index (χ0) is 13.7. The van der Waals surface area contributed by atoms with Crippen LogP contribution in [0.1, 0.15) is 24.3 Å². The Labute approximate surface area is 115 Å². The van der Waals surface area contributed by atoms with E-state index in [4.69, 9.17) is 15.9 Å². The largest absolute Gasteiger partial charge is 0.493 e. The van der Waals surface area contributed by atoms with E-state index in [-0.39, 0.29) is 0 Å². The van der Waals surface area contributed by atoms with Crippen LogP contribution in [0.15, 0.2) is 18.2 Å². The fourth-order valence-electron chi connectivity index (χ4n) is 2.66. The Bertz CT molecular complexity index is 456. The first-order valence-corrected chi connectivity index (χ1v) is 6.66. The van der Waals surface area contributed by atoms with Crippen LogP contribution >= 0.6 is 0 Å². The lowest BCUT2D eigenvalue weighted by molar-refractivity contribution is 0.235. The van der Waals surface area contributed by atoms with Crippen LogP contribution in [0, 0.1) is 12.3 Å². The lowest BCUT2D eigenvalue weighted by atomic mass is 9.89. The summed E-state index contributed by atoms with van der Waals surface area (Å²) in [5.74, 6) is 4.91. The highest BCUT2D eigenvalue weighted by molar-refractivity contribution is 5.44. The third kappa shape index (κ3) is 3.21. The molecule has 1 aliphatic rings. The van der Waals surface area contributed by atoms with Gasteiger partial charge in [0, 0.05) is 0 Å². The Morgan fingerprint density at radius 1 is 1.21 bits per heavy atom. The van der Waals surface area contributed by atoms with Gasteiger partial charge in [-0.3, -0.25) is 4.90 Å². The van der Waals surface area contributed by atoms with Crippen LogP contribution in [0.3, 0.4) is 0 Å². The fourth-order valence-corrected chi connectivity index (χ4v) is 2.66. The van der Waals surface area contributed by atoms with Crippen molar-refractivity contribution in [2.24, 2.45) is 0 Å². The summed E-state index contributed by atoms with van der Waals surface area (Å²) < 4.78 is 10.6. The second kappa shape index (κ2) is 6.49. The molecule has 1 fully saturated rings. The maximum Gasteiger partial charge on any atom is 0.160 e. The van der Waals surface area contributed by atoms with Crippen molar-refractivity contribution in [1.29, 1.82) is 0 Å². The topological polar surface area (TPSA) is 21.7 Å². The SMILES string of the molecule is C#CCN1CCC(c2ccc(OC)c(OC)c2)CC1. The van der Waals surface area contributed by atoms with E-state index in [0.29, 0.717) is 5.92 Å². The third-order valence-corrected chi connectivity index (χ3v) is 3.78. The number of ether oxygens (including phenoxy) is 2. The van der Waals surface area contributed by atoms with Crippen LogP contribution in [0.5, 0.6) is 11.5 Å². The Morgan fingerprint density at radius 3 is 2.47 bits per heavy atom. The number of hydrogen-bond donors (Lipinski definition) is 0. The Morgan fingerprint density at radius 2 is 1.89 bits per heavy atom. The van der Waals surface area contributed by atoms with Crippen molar-refractivity contribution >= 4 is 0 Å². The summed E-state index contributed by atoms with van der Waals surface area (Å²) in [6.45, 7) is 2.91. The highest BCUT2D eigenvalue weighted by atomic mass is 16.5. The van der Waals surface area contributed by atoms with Crippen LogP contribution in [0.25, 0.3) is 0 Å². The number of hydrogen-bond acceptors (Lipinski definition) is 3. The molecular formula is C16H21NO2. The molecule has 0 amide bonds. The molecule has 1 aliphatic heterocycles. The maximum atomic E-state index is 5.37. The first-order chi connectivity index (χ1) is 9.28. The highest BCUT2D eigenvalue weighted by Crippen LogP contribution is 2.34. The maximum absolute atomic E-state index is 5.37. The Balaban J connectivity index is 2.05. The van der Waals surface area contributed by atoms with Gasteiger partial charge in [0.25, 0.3) is 0 Å². The summed E-state index contributed by atoms with van der Waals surface area (Å²) in [5, 5.41) is 0. The molecule has 0 aromatic heterocycles. The molecule has 0 atom stereocenters. The van der Waals surface area contributed by atoms with Crippen molar-refractivity contribution in [2.45, 2.75) is 18.8 Å². The molecule has 0 radical (unpaired) electrons. The van der Waals surface area contributed by atoms with Gasteiger partial charge in [0.05, 0.1) is 20.8 Å². The molecule has 1 aromatic rings. The number of rotatable bonds is 4. The van der Waals surface area contributed by atoms with Crippen LogP contribution < -0.4 is 9.47 Å². The van der Waals surface area contributed by atoms with E-state index in [1.165, 1.54) is 5.56 Å². The van der Waals surface area contributed by atoms with Gasteiger partial charge in [0.2, 0.25) is 0 Å². The number of likely N-dealkylation sites (tertiary alicyclic amines) is 1. The molecule has 2 rings (SSSR count).